The van der Waals surface area contributed by atoms with Gasteiger partial charge in [-0.3, -0.25) is 14.9 Å². The van der Waals surface area contributed by atoms with Gasteiger partial charge in [0.25, 0.3) is 5.91 Å². The Hall–Kier alpha value is -1.93. The van der Waals surface area contributed by atoms with Crippen molar-refractivity contribution in [2.75, 3.05) is 0 Å². The third-order valence-corrected chi connectivity index (χ3v) is 3.30. The lowest BCUT2D eigenvalue weighted by Crippen LogP contribution is -2.17. The highest BCUT2D eigenvalue weighted by molar-refractivity contribution is 8.26. The molecule has 1 aliphatic heterocycles. The first kappa shape index (κ1) is 12.5. The van der Waals surface area contributed by atoms with Crippen molar-refractivity contribution >= 4 is 46.0 Å². The number of phenols is 1. The Balaban J connectivity index is 2.33. The summed E-state index contributed by atoms with van der Waals surface area (Å²) in [5, 5.41) is 22.4. The molecule has 0 bridgehead atoms. The summed E-state index contributed by atoms with van der Waals surface area (Å²) in [7, 11) is 0. The van der Waals surface area contributed by atoms with Crippen molar-refractivity contribution < 1.29 is 14.8 Å². The van der Waals surface area contributed by atoms with Gasteiger partial charge in [-0.05, 0) is 23.8 Å². The highest BCUT2D eigenvalue weighted by Crippen LogP contribution is 2.30. The lowest BCUT2D eigenvalue weighted by molar-refractivity contribution is -0.385. The average molecular weight is 282 g/mol. The summed E-state index contributed by atoms with van der Waals surface area (Å²) in [5.74, 6) is -0.761. The summed E-state index contributed by atoms with van der Waals surface area (Å²) < 4.78 is 0.359. The molecular weight excluding hydrogens is 276 g/mol. The Labute approximate surface area is 111 Å². The van der Waals surface area contributed by atoms with Crippen molar-refractivity contribution in [3.05, 3.63) is 38.8 Å². The average Bonchev–Trinajstić information content (AvgIpc) is 2.57. The van der Waals surface area contributed by atoms with Crippen LogP contribution in [-0.2, 0) is 4.79 Å². The molecule has 0 saturated carbocycles. The number of benzene rings is 1. The number of nitro benzene ring substituents is 1. The number of rotatable bonds is 2. The third-order valence-electron chi connectivity index (χ3n) is 2.14. The van der Waals surface area contributed by atoms with E-state index in [0.29, 0.717) is 14.8 Å². The maximum absolute atomic E-state index is 11.4. The summed E-state index contributed by atoms with van der Waals surface area (Å²) in [5.41, 5.74) is 0.108. The smallest absolute Gasteiger partial charge is 0.310 e. The highest BCUT2D eigenvalue weighted by atomic mass is 32.2. The molecular formula is C10H6N2O4S2. The van der Waals surface area contributed by atoms with Gasteiger partial charge in [0, 0.05) is 6.07 Å². The van der Waals surface area contributed by atoms with Crippen LogP contribution in [-0.4, -0.2) is 20.3 Å². The van der Waals surface area contributed by atoms with Gasteiger partial charge in [-0.2, -0.15) is 0 Å². The van der Waals surface area contributed by atoms with E-state index in [2.05, 4.69) is 5.32 Å². The van der Waals surface area contributed by atoms with Crippen LogP contribution in [0.25, 0.3) is 6.08 Å². The molecule has 1 aliphatic rings. The second-order valence-electron chi connectivity index (χ2n) is 3.36. The first-order valence-corrected chi connectivity index (χ1v) is 5.92. The van der Waals surface area contributed by atoms with Crippen LogP contribution in [0.1, 0.15) is 5.56 Å². The lowest BCUT2D eigenvalue weighted by Gasteiger charge is -1.98. The van der Waals surface area contributed by atoms with E-state index in [4.69, 9.17) is 12.2 Å². The van der Waals surface area contributed by atoms with E-state index in [-0.39, 0.29) is 11.6 Å². The summed E-state index contributed by atoms with van der Waals surface area (Å²) in [4.78, 5) is 21.6. The van der Waals surface area contributed by atoms with Gasteiger partial charge in [-0.1, -0.05) is 24.0 Å². The number of nitro groups is 1. The maximum Gasteiger partial charge on any atom is 0.310 e. The van der Waals surface area contributed by atoms with Crippen molar-refractivity contribution in [3.63, 3.8) is 0 Å². The van der Waals surface area contributed by atoms with Gasteiger partial charge in [-0.15, -0.1) is 0 Å². The van der Waals surface area contributed by atoms with Gasteiger partial charge in [0.05, 0.1) is 9.83 Å². The number of thiocarbonyl (C=S) groups is 1. The second kappa shape index (κ2) is 4.75. The summed E-state index contributed by atoms with van der Waals surface area (Å²) in [6.07, 6.45) is 1.50. The van der Waals surface area contributed by atoms with Crippen molar-refractivity contribution in [1.29, 1.82) is 0 Å². The van der Waals surface area contributed by atoms with Crippen LogP contribution in [0.15, 0.2) is 23.1 Å². The minimum Gasteiger partial charge on any atom is -0.502 e. The fourth-order valence-corrected chi connectivity index (χ4v) is 2.40. The molecule has 8 heteroatoms. The molecule has 1 amide bonds. The molecule has 0 atom stereocenters. The monoisotopic (exact) mass is 282 g/mol. The van der Waals surface area contributed by atoms with Crippen molar-refractivity contribution in [1.82, 2.24) is 5.32 Å². The molecule has 0 radical (unpaired) electrons. The zero-order valence-electron chi connectivity index (χ0n) is 8.75. The number of amides is 1. The minimum atomic E-state index is -0.682. The molecule has 1 aromatic carbocycles. The van der Waals surface area contributed by atoms with Gasteiger partial charge in [0.15, 0.2) is 5.75 Å². The predicted molar refractivity (Wildman–Crippen MR) is 71.1 cm³/mol. The van der Waals surface area contributed by atoms with Crippen LogP contribution in [0.4, 0.5) is 5.69 Å². The number of thioether (sulfide) groups is 1. The van der Waals surface area contributed by atoms with Gasteiger partial charge in [-0.25, -0.2) is 0 Å². The SMILES string of the molecule is O=C1NC(=S)SC1=Cc1ccc([N+](=O)[O-])c(O)c1. The van der Waals surface area contributed by atoms with Crippen LogP contribution >= 0.6 is 24.0 Å². The van der Waals surface area contributed by atoms with Gasteiger partial charge < -0.3 is 10.4 Å². The molecule has 92 valence electrons. The van der Waals surface area contributed by atoms with E-state index in [9.17, 15) is 20.0 Å². The molecule has 6 nitrogen and oxygen atoms in total. The van der Waals surface area contributed by atoms with Crippen molar-refractivity contribution in [2.24, 2.45) is 0 Å². The van der Waals surface area contributed by atoms with Gasteiger partial charge in [0.1, 0.15) is 4.32 Å². The summed E-state index contributed by atoms with van der Waals surface area (Å²) in [6.45, 7) is 0. The molecule has 0 unspecified atom stereocenters. The molecule has 18 heavy (non-hydrogen) atoms. The van der Waals surface area contributed by atoms with Crippen molar-refractivity contribution in [3.8, 4) is 5.75 Å². The Morgan fingerprint density at radius 1 is 1.50 bits per heavy atom. The molecule has 2 rings (SSSR count). The number of hydrogen-bond donors (Lipinski definition) is 2. The summed E-state index contributed by atoms with van der Waals surface area (Å²) >= 11 is 5.92. The maximum atomic E-state index is 11.4. The molecule has 1 saturated heterocycles. The summed E-state index contributed by atoms with van der Waals surface area (Å²) in [6, 6.07) is 3.85. The quantitative estimate of drug-likeness (QED) is 0.372. The fraction of sp³-hybridized carbons (Fsp3) is 0. The molecule has 2 N–H and O–H groups in total. The number of aromatic hydroxyl groups is 1. The topological polar surface area (TPSA) is 92.5 Å². The second-order valence-corrected chi connectivity index (χ2v) is 5.08. The van der Waals surface area contributed by atoms with E-state index in [1.165, 1.54) is 24.3 Å². The van der Waals surface area contributed by atoms with Gasteiger partial charge in [0.2, 0.25) is 0 Å². The van der Waals surface area contributed by atoms with Crippen LogP contribution < -0.4 is 5.32 Å². The Kier molecular flexibility index (Phi) is 3.30. The predicted octanol–water partition coefficient (Wildman–Crippen LogP) is 1.79. The highest BCUT2D eigenvalue weighted by Gasteiger charge is 2.22. The third kappa shape index (κ3) is 2.49. The number of nitrogens with one attached hydrogen (secondary N) is 1. The largest absolute Gasteiger partial charge is 0.502 e. The Bertz CT molecular complexity index is 598. The number of carbonyl (C=O) groups is 1. The van der Waals surface area contributed by atoms with Crippen LogP contribution in [0.2, 0.25) is 0 Å². The first-order chi connectivity index (χ1) is 8.47. The van der Waals surface area contributed by atoms with E-state index in [0.717, 1.165) is 11.8 Å². The number of phenolic OH excluding ortho intramolecular Hbond substituents is 1. The van der Waals surface area contributed by atoms with E-state index in [1.54, 1.807) is 0 Å². The van der Waals surface area contributed by atoms with E-state index in [1.807, 2.05) is 0 Å². The number of hydrogen-bond acceptors (Lipinski definition) is 6. The Morgan fingerprint density at radius 2 is 2.22 bits per heavy atom. The molecule has 1 aromatic rings. The molecule has 1 heterocycles. The standard InChI is InChI=1S/C10H6N2O4S2/c13-7-3-5(1-2-6(7)12(15)16)4-8-9(14)11-10(17)18-8/h1-4,13H,(H,11,14,17). The van der Waals surface area contributed by atoms with Crippen LogP contribution in [0, 0.1) is 10.1 Å². The van der Waals surface area contributed by atoms with Crippen LogP contribution in [0.5, 0.6) is 5.75 Å². The van der Waals surface area contributed by atoms with Crippen LogP contribution in [0.3, 0.4) is 0 Å². The molecule has 0 aromatic heterocycles. The van der Waals surface area contributed by atoms with E-state index < -0.39 is 10.7 Å². The Morgan fingerprint density at radius 3 is 2.72 bits per heavy atom. The molecule has 1 fully saturated rings. The minimum absolute atomic E-state index is 0.317. The van der Waals surface area contributed by atoms with Crippen molar-refractivity contribution in [2.45, 2.75) is 0 Å². The number of carbonyl (C=O) groups excluding carboxylic acids is 1. The molecule has 0 spiro atoms. The molecule has 0 aliphatic carbocycles. The zero-order valence-corrected chi connectivity index (χ0v) is 10.4. The zero-order chi connectivity index (χ0) is 13.3. The number of nitrogens with zero attached hydrogens (tertiary/aromatic N) is 1. The fourth-order valence-electron chi connectivity index (χ4n) is 1.36. The first-order valence-electron chi connectivity index (χ1n) is 4.69. The van der Waals surface area contributed by atoms with Gasteiger partial charge >= 0.3 is 5.69 Å². The lowest BCUT2D eigenvalue weighted by atomic mass is 10.1. The van der Waals surface area contributed by atoms with E-state index >= 15 is 0 Å². The normalized spacial score (nSPS) is 17.0.